The van der Waals surface area contributed by atoms with Gasteiger partial charge in [0.05, 0.1) is 6.42 Å². The van der Waals surface area contributed by atoms with Gasteiger partial charge in [-0.2, -0.15) is 0 Å². The maximum Gasteiger partial charge on any atom is 0.309 e. The highest BCUT2D eigenvalue weighted by Crippen LogP contribution is 2.37. The van der Waals surface area contributed by atoms with E-state index >= 15 is 0 Å². The van der Waals surface area contributed by atoms with Crippen LogP contribution in [0.5, 0.6) is 0 Å². The molecule has 0 aliphatic heterocycles. The third-order valence-corrected chi connectivity index (χ3v) is 5.13. The lowest BCUT2D eigenvalue weighted by molar-refractivity contribution is -0.136. The van der Waals surface area contributed by atoms with Crippen molar-refractivity contribution in [2.75, 3.05) is 0 Å². The minimum atomic E-state index is -0.990. The van der Waals surface area contributed by atoms with Gasteiger partial charge in [0, 0.05) is 34.3 Å². The maximum absolute atomic E-state index is 12.7. The molecule has 3 aromatic rings. The molecule has 134 valence electrons. The number of aromatic nitrogens is 1. The van der Waals surface area contributed by atoms with Crippen LogP contribution in [-0.2, 0) is 24.7 Å². The number of halogens is 1. The fourth-order valence-corrected chi connectivity index (χ4v) is 3.77. The minimum Gasteiger partial charge on any atom is -0.481 e. The van der Waals surface area contributed by atoms with Gasteiger partial charge in [-0.1, -0.05) is 36.7 Å². The van der Waals surface area contributed by atoms with Crippen molar-refractivity contribution in [3.8, 4) is 11.1 Å². The highest BCUT2D eigenvalue weighted by molar-refractivity contribution is 6.34. The average molecular weight is 370 g/mol. The number of benzene rings is 2. The van der Waals surface area contributed by atoms with Gasteiger partial charge < -0.3 is 9.67 Å². The average Bonchev–Trinajstić information content (AvgIpc) is 2.60. The summed E-state index contributed by atoms with van der Waals surface area (Å²) in [5.74, 6) is -0.990. The van der Waals surface area contributed by atoms with Gasteiger partial charge in [-0.05, 0) is 48.1 Å². The van der Waals surface area contributed by atoms with E-state index in [1.165, 1.54) is 4.57 Å². The van der Waals surface area contributed by atoms with E-state index in [2.05, 4.69) is 6.92 Å². The summed E-state index contributed by atoms with van der Waals surface area (Å²) < 4.78 is 1.42. The number of fused-ring (bicyclic) bond motifs is 1. The number of carboxylic acids is 1. The highest BCUT2D eigenvalue weighted by Gasteiger charge is 2.20. The van der Waals surface area contributed by atoms with E-state index in [9.17, 15) is 14.7 Å². The van der Waals surface area contributed by atoms with Gasteiger partial charge in [-0.25, -0.2) is 0 Å². The highest BCUT2D eigenvalue weighted by atomic mass is 35.5. The van der Waals surface area contributed by atoms with Crippen molar-refractivity contribution in [1.29, 1.82) is 0 Å². The molecule has 0 aliphatic carbocycles. The lowest BCUT2D eigenvalue weighted by atomic mass is 9.92. The first-order valence-corrected chi connectivity index (χ1v) is 8.84. The third kappa shape index (κ3) is 3.01. The number of carbonyl (C=O) groups is 1. The van der Waals surface area contributed by atoms with E-state index in [1.54, 1.807) is 19.2 Å². The van der Waals surface area contributed by atoms with Gasteiger partial charge in [0.1, 0.15) is 0 Å². The first-order chi connectivity index (χ1) is 12.3. The molecule has 1 aromatic heterocycles. The molecule has 0 radical (unpaired) electrons. The molecule has 2 aromatic carbocycles. The second-order valence-electron chi connectivity index (χ2n) is 6.41. The molecule has 0 amide bonds. The molecule has 26 heavy (non-hydrogen) atoms. The molecular formula is C21H20ClNO3. The predicted molar refractivity (Wildman–Crippen MR) is 105 cm³/mol. The van der Waals surface area contributed by atoms with Crippen molar-refractivity contribution >= 4 is 28.3 Å². The van der Waals surface area contributed by atoms with Crippen LogP contribution in [0.3, 0.4) is 0 Å². The Morgan fingerprint density at radius 1 is 1.19 bits per heavy atom. The van der Waals surface area contributed by atoms with Gasteiger partial charge in [0.15, 0.2) is 0 Å². The lowest BCUT2D eigenvalue weighted by Gasteiger charge is -2.19. The van der Waals surface area contributed by atoms with Gasteiger partial charge in [-0.15, -0.1) is 0 Å². The van der Waals surface area contributed by atoms with Crippen molar-refractivity contribution < 1.29 is 9.90 Å². The van der Waals surface area contributed by atoms with Crippen LogP contribution in [0.4, 0.5) is 0 Å². The summed E-state index contributed by atoms with van der Waals surface area (Å²) in [5, 5.41) is 11.2. The second-order valence-corrected chi connectivity index (χ2v) is 6.82. The standard InChI is InChI=1S/C21H20ClNO3/c1-4-13-10-16(17(22)9-12(13)2)20-14-7-5-6-8-15(14)21(26)23(3)18(20)11-19(24)25/h5-10H,4,11H2,1-3H3,(H,24,25). The summed E-state index contributed by atoms with van der Waals surface area (Å²) in [7, 11) is 1.61. The summed E-state index contributed by atoms with van der Waals surface area (Å²) >= 11 is 6.56. The minimum absolute atomic E-state index is 0.209. The van der Waals surface area contributed by atoms with E-state index in [0.717, 1.165) is 28.5 Å². The van der Waals surface area contributed by atoms with Gasteiger partial charge in [0.2, 0.25) is 0 Å². The molecule has 0 saturated carbocycles. The molecule has 0 spiro atoms. The van der Waals surface area contributed by atoms with Crippen molar-refractivity contribution in [2.24, 2.45) is 7.05 Å². The first kappa shape index (κ1) is 18.2. The number of aryl methyl sites for hydroxylation is 2. The number of aliphatic carboxylic acids is 1. The number of nitrogens with zero attached hydrogens (tertiary/aromatic N) is 1. The van der Waals surface area contributed by atoms with Crippen LogP contribution in [-0.4, -0.2) is 15.6 Å². The van der Waals surface area contributed by atoms with Crippen molar-refractivity contribution in [2.45, 2.75) is 26.7 Å². The summed E-state index contributed by atoms with van der Waals surface area (Å²) in [6.07, 6.45) is 0.589. The smallest absolute Gasteiger partial charge is 0.309 e. The van der Waals surface area contributed by atoms with E-state index in [-0.39, 0.29) is 12.0 Å². The maximum atomic E-state index is 12.7. The molecule has 0 unspecified atom stereocenters. The Hall–Kier alpha value is -2.59. The van der Waals surface area contributed by atoms with Gasteiger partial charge in [0.25, 0.3) is 5.56 Å². The lowest BCUT2D eigenvalue weighted by Crippen LogP contribution is -2.23. The summed E-state index contributed by atoms with van der Waals surface area (Å²) in [5.41, 5.74) is 3.95. The van der Waals surface area contributed by atoms with Crippen molar-refractivity contribution in [1.82, 2.24) is 4.57 Å². The van der Waals surface area contributed by atoms with Crippen molar-refractivity contribution in [3.63, 3.8) is 0 Å². The van der Waals surface area contributed by atoms with Crippen LogP contribution in [0.25, 0.3) is 21.9 Å². The molecule has 0 aliphatic rings. The SMILES string of the molecule is CCc1cc(-c2c(CC(=O)O)n(C)c(=O)c3ccccc23)c(Cl)cc1C. The van der Waals surface area contributed by atoms with E-state index in [0.29, 0.717) is 21.7 Å². The largest absolute Gasteiger partial charge is 0.481 e. The normalized spacial score (nSPS) is 11.1. The fourth-order valence-electron chi connectivity index (χ4n) is 3.45. The van der Waals surface area contributed by atoms with E-state index in [1.807, 2.05) is 31.2 Å². The summed E-state index contributed by atoms with van der Waals surface area (Å²) in [6.45, 7) is 4.07. The Labute approximate surface area is 156 Å². The Morgan fingerprint density at radius 3 is 2.46 bits per heavy atom. The Kier molecular flexibility index (Phi) is 4.88. The molecular weight excluding hydrogens is 350 g/mol. The van der Waals surface area contributed by atoms with Crippen LogP contribution in [0.15, 0.2) is 41.2 Å². The number of hydrogen-bond acceptors (Lipinski definition) is 2. The third-order valence-electron chi connectivity index (χ3n) is 4.82. The molecule has 0 saturated heterocycles. The molecule has 0 atom stereocenters. The van der Waals surface area contributed by atoms with Crippen LogP contribution in [0.1, 0.15) is 23.7 Å². The Balaban J connectivity index is 2.51. The van der Waals surface area contributed by atoms with Crippen molar-refractivity contribution in [3.05, 3.63) is 68.6 Å². The van der Waals surface area contributed by atoms with Crippen LogP contribution < -0.4 is 5.56 Å². The fraction of sp³-hybridized carbons (Fsp3) is 0.238. The van der Waals surface area contributed by atoms with E-state index < -0.39 is 5.97 Å². The Bertz CT molecular complexity index is 1080. The zero-order valence-electron chi connectivity index (χ0n) is 15.0. The number of rotatable bonds is 4. The molecule has 4 nitrogen and oxygen atoms in total. The summed E-state index contributed by atoms with van der Waals surface area (Å²) in [4.78, 5) is 24.2. The van der Waals surface area contributed by atoms with Crippen LogP contribution >= 0.6 is 11.6 Å². The first-order valence-electron chi connectivity index (χ1n) is 8.47. The number of hydrogen-bond donors (Lipinski definition) is 1. The molecule has 5 heteroatoms. The Morgan fingerprint density at radius 2 is 1.85 bits per heavy atom. The van der Waals surface area contributed by atoms with Gasteiger partial charge >= 0.3 is 5.97 Å². The second kappa shape index (κ2) is 6.96. The van der Waals surface area contributed by atoms with Crippen LogP contribution in [0, 0.1) is 6.92 Å². The number of pyridine rings is 1. The van der Waals surface area contributed by atoms with Gasteiger partial charge in [-0.3, -0.25) is 9.59 Å². The quantitative estimate of drug-likeness (QED) is 0.743. The van der Waals surface area contributed by atoms with E-state index in [4.69, 9.17) is 11.6 Å². The molecule has 1 N–H and O–H groups in total. The predicted octanol–water partition coefficient (Wildman–Crippen LogP) is 4.36. The summed E-state index contributed by atoms with van der Waals surface area (Å²) in [6, 6.07) is 11.2. The molecule has 1 heterocycles. The molecule has 0 bridgehead atoms. The monoisotopic (exact) mass is 369 g/mol. The topological polar surface area (TPSA) is 59.3 Å². The zero-order chi connectivity index (χ0) is 19.0. The zero-order valence-corrected chi connectivity index (χ0v) is 15.7. The molecule has 3 rings (SSSR count). The van der Waals surface area contributed by atoms with Crippen LogP contribution in [0.2, 0.25) is 5.02 Å². The number of carboxylic acid groups (broad SMARTS) is 1. The molecule has 0 fully saturated rings.